The lowest BCUT2D eigenvalue weighted by molar-refractivity contribution is 0.508. The minimum absolute atomic E-state index is 0.392. The highest BCUT2D eigenvalue weighted by molar-refractivity contribution is 7.89. The zero-order chi connectivity index (χ0) is 19.4. The molecule has 27 heavy (non-hydrogen) atoms. The zero-order valence-electron chi connectivity index (χ0n) is 14.6. The second-order valence-corrected chi connectivity index (χ2v) is 8.73. The molecule has 0 saturated heterocycles. The second kappa shape index (κ2) is 7.95. The van der Waals surface area contributed by atoms with E-state index < -0.39 is 20.7 Å². The molecule has 0 saturated carbocycles. The SMILES string of the molecule is CN(C)S(=O)(=O)c1cc(C=NNc2nc(-c3ccccc3)cs2)ccc1F. The molecule has 0 spiro atoms. The summed E-state index contributed by atoms with van der Waals surface area (Å²) in [6.45, 7) is 0. The van der Waals surface area contributed by atoms with Gasteiger partial charge in [-0.3, -0.25) is 5.43 Å². The van der Waals surface area contributed by atoms with E-state index in [0.717, 1.165) is 21.6 Å². The van der Waals surface area contributed by atoms with Crippen LogP contribution in [0.3, 0.4) is 0 Å². The molecule has 2 aromatic carbocycles. The monoisotopic (exact) mass is 404 g/mol. The van der Waals surface area contributed by atoms with E-state index in [2.05, 4.69) is 15.5 Å². The second-order valence-electron chi connectivity index (χ2n) is 5.75. The summed E-state index contributed by atoms with van der Waals surface area (Å²) in [5.41, 5.74) is 5.09. The molecule has 0 amide bonds. The first-order chi connectivity index (χ1) is 12.9. The molecule has 6 nitrogen and oxygen atoms in total. The summed E-state index contributed by atoms with van der Waals surface area (Å²) < 4.78 is 39.2. The molecule has 0 aliphatic carbocycles. The first-order valence-corrected chi connectivity index (χ1v) is 10.2. The van der Waals surface area contributed by atoms with Crippen molar-refractivity contribution in [1.29, 1.82) is 0 Å². The van der Waals surface area contributed by atoms with Crippen LogP contribution in [0.4, 0.5) is 9.52 Å². The quantitative estimate of drug-likeness (QED) is 0.503. The largest absolute Gasteiger partial charge is 0.253 e. The van der Waals surface area contributed by atoms with Crippen LogP contribution in [0.1, 0.15) is 5.56 Å². The van der Waals surface area contributed by atoms with Gasteiger partial charge in [0.2, 0.25) is 15.2 Å². The van der Waals surface area contributed by atoms with Gasteiger partial charge in [-0.05, 0) is 17.7 Å². The highest BCUT2D eigenvalue weighted by atomic mass is 32.2. The lowest BCUT2D eigenvalue weighted by atomic mass is 10.2. The Kier molecular flexibility index (Phi) is 5.64. The van der Waals surface area contributed by atoms with Crippen molar-refractivity contribution >= 4 is 32.7 Å². The number of thiazole rings is 1. The van der Waals surface area contributed by atoms with Gasteiger partial charge in [0, 0.05) is 25.0 Å². The van der Waals surface area contributed by atoms with E-state index >= 15 is 0 Å². The van der Waals surface area contributed by atoms with Gasteiger partial charge in [0.15, 0.2) is 0 Å². The first kappa shape index (κ1) is 19.2. The summed E-state index contributed by atoms with van der Waals surface area (Å²) in [5.74, 6) is -0.804. The zero-order valence-corrected chi connectivity index (χ0v) is 16.3. The first-order valence-electron chi connectivity index (χ1n) is 7.90. The van der Waals surface area contributed by atoms with E-state index in [1.54, 1.807) is 0 Å². The van der Waals surface area contributed by atoms with Gasteiger partial charge in [0.05, 0.1) is 11.9 Å². The van der Waals surface area contributed by atoms with Crippen LogP contribution in [0.25, 0.3) is 11.3 Å². The lowest BCUT2D eigenvalue weighted by Gasteiger charge is -2.12. The summed E-state index contributed by atoms with van der Waals surface area (Å²) in [4.78, 5) is 4.05. The van der Waals surface area contributed by atoms with Crippen molar-refractivity contribution in [1.82, 2.24) is 9.29 Å². The number of nitrogens with zero attached hydrogens (tertiary/aromatic N) is 3. The third kappa shape index (κ3) is 4.38. The Labute approximate surface area is 161 Å². The topological polar surface area (TPSA) is 74.7 Å². The number of rotatable bonds is 6. The fourth-order valence-electron chi connectivity index (χ4n) is 2.22. The standard InChI is InChI=1S/C18H17FN4O2S2/c1-23(2)27(24,25)17-10-13(8-9-15(17)19)11-20-22-18-21-16(12-26-18)14-6-4-3-5-7-14/h3-12H,1-2H3,(H,21,22). The number of benzene rings is 2. The molecule has 1 aromatic heterocycles. The minimum Gasteiger partial charge on any atom is -0.253 e. The summed E-state index contributed by atoms with van der Waals surface area (Å²) in [7, 11) is -1.17. The molecule has 0 aliphatic rings. The number of nitrogens with one attached hydrogen (secondary N) is 1. The Morgan fingerprint density at radius 2 is 1.93 bits per heavy atom. The van der Waals surface area contributed by atoms with Crippen molar-refractivity contribution in [3.05, 3.63) is 65.3 Å². The van der Waals surface area contributed by atoms with Gasteiger partial charge in [0.1, 0.15) is 10.7 Å². The van der Waals surface area contributed by atoms with E-state index in [0.29, 0.717) is 10.7 Å². The van der Waals surface area contributed by atoms with Crippen molar-refractivity contribution < 1.29 is 12.8 Å². The van der Waals surface area contributed by atoms with E-state index in [1.807, 2.05) is 35.7 Å². The molecule has 0 bridgehead atoms. The van der Waals surface area contributed by atoms with Gasteiger partial charge in [-0.15, -0.1) is 11.3 Å². The third-order valence-corrected chi connectivity index (χ3v) is 6.24. The van der Waals surface area contributed by atoms with Crippen LogP contribution in [0.5, 0.6) is 0 Å². The van der Waals surface area contributed by atoms with Crippen molar-refractivity contribution in [3.63, 3.8) is 0 Å². The molecule has 0 radical (unpaired) electrons. The van der Waals surface area contributed by atoms with Crippen LogP contribution in [0.2, 0.25) is 0 Å². The lowest BCUT2D eigenvalue weighted by Crippen LogP contribution is -2.23. The Hall–Kier alpha value is -2.62. The maximum Gasteiger partial charge on any atom is 0.245 e. The number of hydrazone groups is 1. The highest BCUT2D eigenvalue weighted by Gasteiger charge is 2.21. The Balaban J connectivity index is 1.75. The molecule has 0 atom stereocenters. The van der Waals surface area contributed by atoms with Gasteiger partial charge < -0.3 is 0 Å². The Bertz CT molecular complexity index is 1060. The Morgan fingerprint density at radius 1 is 1.19 bits per heavy atom. The van der Waals surface area contributed by atoms with Gasteiger partial charge in [-0.1, -0.05) is 36.4 Å². The fourth-order valence-corrected chi connectivity index (χ4v) is 3.88. The van der Waals surface area contributed by atoms with Crippen molar-refractivity contribution in [2.45, 2.75) is 4.90 Å². The number of anilines is 1. The molecular weight excluding hydrogens is 387 g/mol. The molecule has 0 unspecified atom stereocenters. The molecule has 0 aliphatic heterocycles. The van der Waals surface area contributed by atoms with Crippen LogP contribution in [0, 0.1) is 5.82 Å². The minimum atomic E-state index is -3.87. The average molecular weight is 404 g/mol. The van der Waals surface area contributed by atoms with E-state index in [4.69, 9.17) is 0 Å². The van der Waals surface area contributed by atoms with Crippen molar-refractivity contribution in [2.24, 2.45) is 5.10 Å². The maximum atomic E-state index is 13.9. The van der Waals surface area contributed by atoms with Crippen LogP contribution in [-0.2, 0) is 10.0 Å². The molecule has 1 heterocycles. The average Bonchev–Trinajstić information content (AvgIpc) is 3.12. The van der Waals surface area contributed by atoms with Crippen LogP contribution < -0.4 is 5.43 Å². The van der Waals surface area contributed by atoms with E-state index in [9.17, 15) is 12.8 Å². The van der Waals surface area contributed by atoms with E-state index in [-0.39, 0.29) is 0 Å². The Morgan fingerprint density at radius 3 is 2.63 bits per heavy atom. The fraction of sp³-hybridized carbons (Fsp3) is 0.111. The van der Waals surface area contributed by atoms with Gasteiger partial charge in [-0.2, -0.15) is 5.10 Å². The molecule has 3 aromatic rings. The molecule has 140 valence electrons. The van der Waals surface area contributed by atoms with Crippen molar-refractivity contribution in [2.75, 3.05) is 19.5 Å². The summed E-state index contributed by atoms with van der Waals surface area (Å²) in [5, 5.41) is 6.56. The number of aromatic nitrogens is 1. The molecular formula is C18H17FN4O2S2. The summed E-state index contributed by atoms with van der Waals surface area (Å²) >= 11 is 1.39. The van der Waals surface area contributed by atoms with Crippen LogP contribution in [0.15, 0.2) is 63.9 Å². The summed E-state index contributed by atoms with van der Waals surface area (Å²) in [6.07, 6.45) is 1.41. The highest BCUT2D eigenvalue weighted by Crippen LogP contribution is 2.24. The summed E-state index contributed by atoms with van der Waals surface area (Å²) in [6, 6.07) is 13.5. The number of halogens is 1. The predicted molar refractivity (Wildman–Crippen MR) is 106 cm³/mol. The van der Waals surface area contributed by atoms with Gasteiger partial charge in [-0.25, -0.2) is 22.1 Å². The maximum absolute atomic E-state index is 13.9. The number of hydrogen-bond acceptors (Lipinski definition) is 6. The predicted octanol–water partition coefficient (Wildman–Crippen LogP) is 3.65. The number of hydrogen-bond donors (Lipinski definition) is 1. The molecule has 9 heteroatoms. The number of sulfonamides is 1. The van der Waals surface area contributed by atoms with Gasteiger partial charge >= 0.3 is 0 Å². The normalized spacial score (nSPS) is 12.0. The van der Waals surface area contributed by atoms with Crippen molar-refractivity contribution in [3.8, 4) is 11.3 Å². The van der Waals surface area contributed by atoms with E-state index in [1.165, 1.54) is 43.8 Å². The third-order valence-electron chi connectivity index (χ3n) is 3.66. The van der Waals surface area contributed by atoms with Crippen LogP contribution >= 0.6 is 11.3 Å². The molecule has 1 N–H and O–H groups in total. The smallest absolute Gasteiger partial charge is 0.245 e. The molecule has 0 fully saturated rings. The van der Waals surface area contributed by atoms with Crippen LogP contribution in [-0.4, -0.2) is 38.0 Å². The molecule has 3 rings (SSSR count). The van der Waals surface area contributed by atoms with Gasteiger partial charge in [0.25, 0.3) is 0 Å².